The highest BCUT2D eigenvalue weighted by Gasteiger charge is 2.41. The number of ether oxygens (including phenoxy) is 1. The average molecular weight is 426 g/mol. The molecule has 0 aliphatic carbocycles. The predicted octanol–water partition coefficient (Wildman–Crippen LogP) is 5.40. The Morgan fingerprint density at radius 1 is 1.07 bits per heavy atom. The molecule has 1 heterocycles. The van der Waals surface area contributed by atoms with Gasteiger partial charge in [-0.15, -0.1) is 0 Å². The largest absolute Gasteiger partial charge is 0.443 e. The van der Waals surface area contributed by atoms with Crippen molar-refractivity contribution in [2.24, 2.45) is 0 Å². The molecule has 2 amide bonds. The Morgan fingerprint density at radius 3 is 2.33 bits per heavy atom. The molecule has 0 saturated heterocycles. The minimum Gasteiger partial charge on any atom is -0.443 e. The molecule has 6 heteroatoms. The lowest BCUT2D eigenvalue weighted by Crippen LogP contribution is -2.45. The molecule has 5 nitrogen and oxygen atoms in total. The summed E-state index contributed by atoms with van der Waals surface area (Å²) in [4.78, 5) is 39.4. The van der Waals surface area contributed by atoms with Crippen molar-refractivity contribution < 1.29 is 19.1 Å². The fraction of sp³-hybridized carbons (Fsp3) is 0.292. The third kappa shape index (κ3) is 4.97. The zero-order valence-electron chi connectivity index (χ0n) is 17.2. The Morgan fingerprint density at radius 2 is 1.70 bits per heavy atom. The van der Waals surface area contributed by atoms with Crippen LogP contribution in [0.2, 0.25) is 5.02 Å². The number of carbonyl (C=O) groups excluding carboxylic acids is 3. The van der Waals surface area contributed by atoms with Gasteiger partial charge in [0.05, 0.1) is 6.04 Å². The van der Waals surface area contributed by atoms with Gasteiger partial charge in [-0.25, -0.2) is 9.69 Å². The monoisotopic (exact) mass is 425 g/mol. The second-order valence-corrected chi connectivity index (χ2v) is 8.57. The molecule has 0 bridgehead atoms. The van der Waals surface area contributed by atoms with Gasteiger partial charge >= 0.3 is 6.09 Å². The van der Waals surface area contributed by atoms with E-state index in [1.54, 1.807) is 63.2 Å². The number of hydrogen-bond acceptors (Lipinski definition) is 4. The van der Waals surface area contributed by atoms with Crippen LogP contribution < -0.4 is 0 Å². The van der Waals surface area contributed by atoms with E-state index in [0.717, 1.165) is 4.90 Å². The molecule has 0 spiro atoms. The zero-order chi connectivity index (χ0) is 21.9. The van der Waals surface area contributed by atoms with Crippen molar-refractivity contribution in [1.29, 1.82) is 0 Å². The van der Waals surface area contributed by atoms with Crippen molar-refractivity contribution in [2.45, 2.75) is 44.8 Å². The molecule has 0 N–H and O–H groups in total. The van der Waals surface area contributed by atoms with Gasteiger partial charge in [-0.3, -0.25) is 9.59 Å². The SMILES string of the molecule is CC(C)(C)OC(=O)N1C(=O)C=C[C@@H]1[C@@H](CC(=O)c1ccccc1)c1ccccc1Cl. The lowest BCUT2D eigenvalue weighted by Gasteiger charge is -2.32. The summed E-state index contributed by atoms with van der Waals surface area (Å²) in [6.07, 6.45) is 2.31. The smallest absolute Gasteiger partial charge is 0.417 e. The summed E-state index contributed by atoms with van der Waals surface area (Å²) in [7, 11) is 0. The molecular weight excluding hydrogens is 402 g/mol. The molecule has 2 aromatic rings. The molecule has 1 aliphatic rings. The van der Waals surface area contributed by atoms with Crippen LogP contribution in [0.4, 0.5) is 4.79 Å². The van der Waals surface area contributed by atoms with Gasteiger partial charge in [0.15, 0.2) is 5.78 Å². The van der Waals surface area contributed by atoms with E-state index in [9.17, 15) is 14.4 Å². The lowest BCUT2D eigenvalue weighted by molar-refractivity contribution is -0.125. The standard InChI is InChI=1S/C24H24ClNO4/c1-24(2,3)30-23(29)26-20(13-14-22(26)28)18(17-11-7-8-12-19(17)25)15-21(27)16-9-5-4-6-10-16/h4-14,18,20H,15H2,1-3H3/t18-,20+/m0/s1. The Bertz CT molecular complexity index is 978. The number of carbonyl (C=O) groups is 3. The van der Waals surface area contributed by atoms with Gasteiger partial charge in [0.25, 0.3) is 5.91 Å². The molecule has 1 aliphatic heterocycles. The number of rotatable bonds is 5. The third-order valence-electron chi connectivity index (χ3n) is 4.78. The van der Waals surface area contributed by atoms with Crippen LogP contribution >= 0.6 is 11.6 Å². The fourth-order valence-corrected chi connectivity index (χ4v) is 3.74. The van der Waals surface area contributed by atoms with Crippen LogP contribution in [-0.4, -0.2) is 34.3 Å². The summed E-state index contributed by atoms with van der Waals surface area (Å²) in [6.45, 7) is 5.20. The second-order valence-electron chi connectivity index (χ2n) is 8.16. The van der Waals surface area contributed by atoms with E-state index in [0.29, 0.717) is 16.1 Å². The minimum absolute atomic E-state index is 0.0787. The summed E-state index contributed by atoms with van der Waals surface area (Å²) in [5.41, 5.74) is 0.498. The van der Waals surface area contributed by atoms with Crippen LogP contribution in [-0.2, 0) is 9.53 Å². The summed E-state index contributed by atoms with van der Waals surface area (Å²) in [5, 5.41) is 0.472. The molecule has 0 radical (unpaired) electrons. The molecule has 156 valence electrons. The van der Waals surface area contributed by atoms with Gasteiger partial charge in [0.1, 0.15) is 5.60 Å². The maximum atomic E-state index is 13.0. The zero-order valence-corrected chi connectivity index (χ0v) is 17.9. The average Bonchev–Trinajstić information content (AvgIpc) is 3.07. The molecule has 30 heavy (non-hydrogen) atoms. The number of nitrogens with zero attached hydrogens (tertiary/aromatic N) is 1. The van der Waals surface area contributed by atoms with Gasteiger partial charge in [-0.1, -0.05) is 66.2 Å². The predicted molar refractivity (Wildman–Crippen MR) is 116 cm³/mol. The highest BCUT2D eigenvalue weighted by Crippen LogP contribution is 2.36. The van der Waals surface area contributed by atoms with Crippen LogP contribution in [0.5, 0.6) is 0 Å². The number of Topliss-reactive ketones (excluding diaryl/α,β-unsaturated/α-hetero) is 1. The number of imide groups is 1. The van der Waals surface area contributed by atoms with E-state index in [1.165, 1.54) is 6.08 Å². The normalized spacial score (nSPS) is 17.1. The Hall–Kier alpha value is -2.92. The highest BCUT2D eigenvalue weighted by molar-refractivity contribution is 6.31. The van der Waals surface area contributed by atoms with Crippen molar-refractivity contribution >= 4 is 29.4 Å². The molecular formula is C24H24ClNO4. The Kier molecular flexibility index (Phi) is 6.42. The summed E-state index contributed by atoms with van der Waals surface area (Å²) >= 11 is 6.44. The van der Waals surface area contributed by atoms with E-state index in [2.05, 4.69) is 0 Å². The summed E-state index contributed by atoms with van der Waals surface area (Å²) in [6, 6.07) is 15.4. The number of benzene rings is 2. The van der Waals surface area contributed by atoms with Crippen LogP contribution in [0, 0.1) is 0 Å². The van der Waals surface area contributed by atoms with E-state index in [4.69, 9.17) is 16.3 Å². The van der Waals surface area contributed by atoms with E-state index >= 15 is 0 Å². The second kappa shape index (κ2) is 8.84. The fourth-order valence-electron chi connectivity index (χ4n) is 3.46. The molecule has 3 rings (SSSR count). The lowest BCUT2D eigenvalue weighted by atomic mass is 9.85. The van der Waals surface area contributed by atoms with Gasteiger partial charge in [0, 0.05) is 29.0 Å². The molecule has 0 fully saturated rings. The topological polar surface area (TPSA) is 63.7 Å². The Balaban J connectivity index is 1.98. The number of hydrogen-bond donors (Lipinski definition) is 0. The number of ketones is 1. The Labute approximate surface area is 181 Å². The van der Waals surface area contributed by atoms with Crippen molar-refractivity contribution in [3.8, 4) is 0 Å². The maximum Gasteiger partial charge on any atom is 0.417 e. The number of halogens is 1. The summed E-state index contributed by atoms with van der Waals surface area (Å²) in [5.74, 6) is -1.09. The van der Waals surface area contributed by atoms with Crippen molar-refractivity contribution in [1.82, 2.24) is 4.90 Å². The van der Waals surface area contributed by atoms with E-state index < -0.39 is 29.6 Å². The van der Waals surface area contributed by atoms with Crippen molar-refractivity contribution in [3.05, 3.63) is 82.9 Å². The highest BCUT2D eigenvalue weighted by atomic mass is 35.5. The maximum absolute atomic E-state index is 13.0. The van der Waals surface area contributed by atoms with Gasteiger partial charge in [0.2, 0.25) is 0 Å². The van der Waals surface area contributed by atoms with Crippen LogP contribution in [0.15, 0.2) is 66.7 Å². The van der Waals surface area contributed by atoms with Crippen LogP contribution in [0.1, 0.15) is 49.0 Å². The first-order chi connectivity index (χ1) is 14.2. The van der Waals surface area contributed by atoms with E-state index in [-0.39, 0.29) is 12.2 Å². The quantitative estimate of drug-likeness (QED) is 0.602. The van der Waals surface area contributed by atoms with Gasteiger partial charge < -0.3 is 4.74 Å². The first-order valence-corrected chi connectivity index (χ1v) is 10.1. The molecule has 0 saturated carbocycles. The minimum atomic E-state index is -0.760. The summed E-state index contributed by atoms with van der Waals surface area (Å²) < 4.78 is 5.44. The van der Waals surface area contributed by atoms with Crippen molar-refractivity contribution in [2.75, 3.05) is 0 Å². The molecule has 2 atom stereocenters. The molecule has 0 unspecified atom stereocenters. The van der Waals surface area contributed by atoms with Gasteiger partial charge in [-0.2, -0.15) is 0 Å². The molecule has 2 aromatic carbocycles. The van der Waals surface area contributed by atoms with Crippen LogP contribution in [0.25, 0.3) is 0 Å². The number of amides is 2. The first kappa shape index (κ1) is 21.8. The van der Waals surface area contributed by atoms with E-state index in [1.807, 2.05) is 18.2 Å². The molecule has 0 aromatic heterocycles. The van der Waals surface area contributed by atoms with Crippen molar-refractivity contribution in [3.63, 3.8) is 0 Å². The van der Waals surface area contributed by atoms with Crippen LogP contribution in [0.3, 0.4) is 0 Å². The third-order valence-corrected chi connectivity index (χ3v) is 5.12. The first-order valence-electron chi connectivity index (χ1n) is 9.74. The van der Waals surface area contributed by atoms with Gasteiger partial charge in [-0.05, 0) is 32.4 Å².